The zero-order chi connectivity index (χ0) is 34.1. The van der Waals surface area contributed by atoms with Gasteiger partial charge in [0.05, 0.1) is 49.2 Å². The Bertz CT molecular complexity index is 1490. The summed E-state index contributed by atoms with van der Waals surface area (Å²) in [5.74, 6) is -6.16. The SMILES string of the molecule is C=C1[C@H]2C(=O)[C@@]3(C)[C@@H](O[C@@]14CC(=O)O[C@@H](c1ccoc1)[C@]4(C)[C@H]2OC(C)=O)[C@@H](OC(C)=O)[C@@H](OC(C)=O)C(C)(C)[C@@H]3CC(=O)OC. The number of esters is 5. The zero-order valence-corrected chi connectivity index (χ0v) is 27.2. The molecule has 0 N–H and O–H groups in total. The number of ether oxygens (including phenoxy) is 6. The van der Waals surface area contributed by atoms with E-state index >= 15 is 4.79 Å². The number of furan rings is 1. The lowest BCUT2D eigenvalue weighted by atomic mass is 9.49. The van der Waals surface area contributed by atoms with E-state index < -0.39 is 106 Å². The maximum absolute atomic E-state index is 15.4. The molecule has 10 atom stereocenters. The van der Waals surface area contributed by atoms with Crippen molar-refractivity contribution in [3.63, 3.8) is 0 Å². The van der Waals surface area contributed by atoms with Crippen molar-refractivity contribution in [1.82, 2.24) is 0 Å². The molecule has 3 heterocycles. The van der Waals surface area contributed by atoms with Crippen LogP contribution in [0.15, 0.2) is 35.2 Å². The van der Waals surface area contributed by atoms with Crippen LogP contribution < -0.4 is 0 Å². The molecule has 0 unspecified atom stereocenters. The van der Waals surface area contributed by atoms with Gasteiger partial charge in [-0.15, -0.1) is 0 Å². The molecule has 1 spiro atoms. The van der Waals surface area contributed by atoms with Crippen LogP contribution in [0, 0.1) is 28.1 Å². The van der Waals surface area contributed by atoms with Crippen LogP contribution in [0.4, 0.5) is 0 Å². The molecule has 5 rings (SSSR count). The van der Waals surface area contributed by atoms with Gasteiger partial charge in [-0.25, -0.2) is 0 Å². The Morgan fingerprint density at radius 2 is 1.57 bits per heavy atom. The highest BCUT2D eigenvalue weighted by Gasteiger charge is 2.81. The molecular weight excluding hydrogens is 604 g/mol. The molecule has 2 saturated carbocycles. The van der Waals surface area contributed by atoms with Crippen LogP contribution in [0.1, 0.15) is 73.0 Å². The van der Waals surface area contributed by atoms with Gasteiger partial charge < -0.3 is 32.8 Å². The minimum Gasteiger partial charge on any atom is -0.472 e. The van der Waals surface area contributed by atoms with E-state index in [1.54, 1.807) is 33.8 Å². The van der Waals surface area contributed by atoms with Crippen LogP contribution in [-0.2, 0) is 57.2 Å². The molecule has 1 aromatic heterocycles. The van der Waals surface area contributed by atoms with Crippen molar-refractivity contribution in [2.75, 3.05) is 7.11 Å². The number of Topliss-reactive ketones (excluding diaryl/α,β-unsaturated/α-hetero) is 1. The van der Waals surface area contributed by atoms with Crippen molar-refractivity contribution in [2.45, 2.75) is 97.4 Å². The number of rotatable bonds is 6. The summed E-state index contributed by atoms with van der Waals surface area (Å²) < 4.78 is 41.0. The summed E-state index contributed by atoms with van der Waals surface area (Å²) in [5, 5.41) is 0. The first-order valence-corrected chi connectivity index (χ1v) is 15.1. The first-order chi connectivity index (χ1) is 21.4. The highest BCUT2D eigenvalue weighted by molar-refractivity contribution is 5.94. The number of methoxy groups -OCH3 is 1. The van der Waals surface area contributed by atoms with Crippen LogP contribution in [0.2, 0.25) is 0 Å². The van der Waals surface area contributed by atoms with Crippen molar-refractivity contribution in [3.05, 3.63) is 36.3 Å². The van der Waals surface area contributed by atoms with Gasteiger partial charge in [0.1, 0.15) is 30.0 Å². The molecule has 4 fully saturated rings. The van der Waals surface area contributed by atoms with E-state index in [4.69, 9.17) is 32.8 Å². The third kappa shape index (κ3) is 4.52. The summed E-state index contributed by atoms with van der Waals surface area (Å²) in [6, 6.07) is 1.59. The molecule has 250 valence electrons. The molecule has 0 aromatic carbocycles. The highest BCUT2D eigenvalue weighted by Crippen LogP contribution is 2.71. The summed E-state index contributed by atoms with van der Waals surface area (Å²) in [7, 11) is 1.21. The minimum absolute atomic E-state index is 0.173. The largest absolute Gasteiger partial charge is 0.472 e. The summed E-state index contributed by atoms with van der Waals surface area (Å²) in [6.45, 7) is 14.6. The van der Waals surface area contributed by atoms with E-state index in [1.807, 2.05) is 0 Å². The first-order valence-electron chi connectivity index (χ1n) is 15.1. The maximum atomic E-state index is 15.4. The van der Waals surface area contributed by atoms with Crippen molar-refractivity contribution < 1.29 is 61.6 Å². The summed E-state index contributed by atoms with van der Waals surface area (Å²) >= 11 is 0. The van der Waals surface area contributed by atoms with Gasteiger partial charge in [0.15, 0.2) is 11.9 Å². The standard InChI is InChI=1S/C33H40O13/c1-15-23-25(39)31(7)20(12-21(37)40-9)30(5,6)28(44-18(4)36)24(42-16(2)34)29(31)46-33(15)13-22(38)45-26(19-10-11-41-14-19)32(33,8)27(23)43-17(3)35/h10-11,14,20,23-24,26-29H,1,12-13H2,2-9H3/t20-,23-,24-,26-,27-,28+,29-,31-,32+,33-/m0/s1. The monoisotopic (exact) mass is 644 g/mol. The predicted octanol–water partition coefficient (Wildman–Crippen LogP) is 3.19. The predicted molar refractivity (Wildman–Crippen MR) is 154 cm³/mol. The Morgan fingerprint density at radius 3 is 2.11 bits per heavy atom. The molecule has 2 aliphatic heterocycles. The van der Waals surface area contributed by atoms with Crippen LogP contribution in [0.5, 0.6) is 0 Å². The molecule has 2 aliphatic carbocycles. The second-order valence-electron chi connectivity index (χ2n) is 13.7. The number of carbonyl (C=O) groups excluding carboxylic acids is 6. The molecular formula is C33H40O13. The van der Waals surface area contributed by atoms with Gasteiger partial charge in [-0.05, 0) is 31.4 Å². The normalized spacial score (nSPS) is 39.2. The lowest BCUT2D eigenvalue weighted by Gasteiger charge is -2.61. The summed E-state index contributed by atoms with van der Waals surface area (Å²) in [4.78, 5) is 79.7. The number of hydrogen-bond acceptors (Lipinski definition) is 13. The van der Waals surface area contributed by atoms with Gasteiger partial charge in [0.2, 0.25) is 0 Å². The van der Waals surface area contributed by atoms with E-state index in [0.717, 1.165) is 0 Å². The Morgan fingerprint density at radius 1 is 0.957 bits per heavy atom. The maximum Gasteiger partial charge on any atom is 0.309 e. The minimum atomic E-state index is -1.73. The van der Waals surface area contributed by atoms with Gasteiger partial charge in [-0.2, -0.15) is 0 Å². The number of cyclic esters (lactones) is 1. The Balaban J connectivity index is 1.84. The van der Waals surface area contributed by atoms with Crippen LogP contribution in [0.25, 0.3) is 0 Å². The molecule has 4 aliphatic rings. The quantitative estimate of drug-likeness (QED) is 0.251. The van der Waals surface area contributed by atoms with Gasteiger partial charge in [0.25, 0.3) is 0 Å². The molecule has 1 aromatic rings. The van der Waals surface area contributed by atoms with Gasteiger partial charge in [-0.3, -0.25) is 28.8 Å². The summed E-state index contributed by atoms with van der Waals surface area (Å²) in [5.41, 5.74) is -5.46. The van der Waals surface area contributed by atoms with Crippen molar-refractivity contribution in [3.8, 4) is 0 Å². The Hall–Kier alpha value is -4.00. The molecule has 2 bridgehead atoms. The average Bonchev–Trinajstić information content (AvgIpc) is 3.53. The number of hydrogen-bond donors (Lipinski definition) is 0. The number of fused-ring (bicyclic) bond motifs is 2. The summed E-state index contributed by atoms with van der Waals surface area (Å²) in [6.07, 6.45) is -4.29. The van der Waals surface area contributed by atoms with Crippen molar-refractivity contribution in [1.29, 1.82) is 0 Å². The third-order valence-corrected chi connectivity index (χ3v) is 10.9. The number of carbonyl (C=O) groups is 6. The molecule has 2 saturated heterocycles. The van der Waals surface area contributed by atoms with Crippen LogP contribution in [0.3, 0.4) is 0 Å². The van der Waals surface area contributed by atoms with E-state index in [9.17, 15) is 24.0 Å². The van der Waals surface area contributed by atoms with Crippen LogP contribution >= 0.6 is 0 Å². The fourth-order valence-electron chi connectivity index (χ4n) is 8.85. The molecule has 0 radical (unpaired) electrons. The van der Waals surface area contributed by atoms with Gasteiger partial charge in [0, 0.05) is 31.7 Å². The highest BCUT2D eigenvalue weighted by atomic mass is 16.6. The third-order valence-electron chi connectivity index (χ3n) is 10.9. The Labute approximate surface area is 266 Å². The van der Waals surface area contributed by atoms with E-state index in [-0.39, 0.29) is 12.0 Å². The van der Waals surface area contributed by atoms with E-state index in [1.165, 1.54) is 40.4 Å². The molecule has 13 nitrogen and oxygen atoms in total. The topological polar surface area (TPSA) is 171 Å². The van der Waals surface area contributed by atoms with Crippen LogP contribution in [-0.4, -0.2) is 72.8 Å². The smallest absolute Gasteiger partial charge is 0.309 e. The Kier molecular flexibility index (Phi) is 8.03. The molecule has 0 amide bonds. The number of ketones is 1. The lowest BCUT2D eigenvalue weighted by Crippen LogP contribution is -2.72. The van der Waals surface area contributed by atoms with Crippen molar-refractivity contribution >= 4 is 35.6 Å². The van der Waals surface area contributed by atoms with Crippen molar-refractivity contribution in [2.24, 2.45) is 28.1 Å². The molecule has 13 heteroatoms. The zero-order valence-electron chi connectivity index (χ0n) is 27.2. The second-order valence-corrected chi connectivity index (χ2v) is 13.7. The van der Waals surface area contributed by atoms with E-state index in [0.29, 0.717) is 5.56 Å². The first kappa shape index (κ1) is 33.4. The lowest BCUT2D eigenvalue weighted by molar-refractivity contribution is -0.299. The van der Waals surface area contributed by atoms with E-state index in [2.05, 4.69) is 6.58 Å². The van der Waals surface area contributed by atoms with Gasteiger partial charge >= 0.3 is 29.8 Å². The second kappa shape index (κ2) is 11.1. The molecule has 46 heavy (non-hydrogen) atoms. The van der Waals surface area contributed by atoms with Gasteiger partial charge in [-0.1, -0.05) is 20.4 Å². The fraction of sp³-hybridized carbons (Fsp3) is 0.636. The fourth-order valence-corrected chi connectivity index (χ4v) is 8.85. The average molecular weight is 645 g/mol.